The molecule has 1 aliphatic rings. The first-order valence-electron chi connectivity index (χ1n) is 6.38. The molecule has 1 aromatic carbocycles. The van der Waals surface area contributed by atoms with Crippen molar-refractivity contribution in [2.45, 2.75) is 12.8 Å². The summed E-state index contributed by atoms with van der Waals surface area (Å²) >= 11 is 5.89. The summed E-state index contributed by atoms with van der Waals surface area (Å²) in [5.74, 6) is -0.896. The zero-order chi connectivity index (χ0) is 15.5. The monoisotopic (exact) mass is 356 g/mol. The van der Waals surface area contributed by atoms with Gasteiger partial charge in [0.05, 0.1) is 17.4 Å². The predicted molar refractivity (Wildman–Crippen MR) is 79.0 cm³/mol. The van der Waals surface area contributed by atoms with Crippen molar-refractivity contribution >= 4 is 31.3 Å². The highest BCUT2D eigenvalue weighted by atomic mass is 35.7. The van der Waals surface area contributed by atoms with Gasteiger partial charge in [0.25, 0.3) is 0 Å². The number of benzene rings is 1. The molecule has 0 aliphatic carbocycles. The maximum Gasteiger partial charge on any atom is 0.233 e. The van der Waals surface area contributed by atoms with Gasteiger partial charge in [0.1, 0.15) is 0 Å². The molecule has 1 aromatic rings. The molecule has 1 fully saturated rings. The Kier molecular flexibility index (Phi) is 5.35. The zero-order valence-electron chi connectivity index (χ0n) is 11.1. The highest BCUT2D eigenvalue weighted by molar-refractivity contribution is 8.13. The molecule has 0 amide bonds. The minimum atomic E-state index is -3.70. The third-order valence-electron chi connectivity index (χ3n) is 3.47. The Balaban J connectivity index is 2.16. The van der Waals surface area contributed by atoms with Crippen LogP contribution in [0.1, 0.15) is 12.8 Å². The lowest BCUT2D eigenvalue weighted by atomic mass is 9.83. The zero-order valence-corrected chi connectivity index (χ0v) is 13.5. The van der Waals surface area contributed by atoms with Crippen LogP contribution in [0.2, 0.25) is 5.02 Å². The van der Waals surface area contributed by atoms with Gasteiger partial charge in [-0.05, 0) is 25.0 Å². The van der Waals surface area contributed by atoms with Crippen LogP contribution in [0.4, 0.5) is 4.39 Å². The molecule has 0 N–H and O–H groups in total. The Labute approximate surface area is 132 Å². The molecule has 2 rings (SSSR count). The third kappa shape index (κ3) is 4.71. The van der Waals surface area contributed by atoms with Crippen molar-refractivity contribution in [2.24, 2.45) is 5.41 Å². The highest BCUT2D eigenvalue weighted by Gasteiger charge is 2.38. The first-order chi connectivity index (χ1) is 9.81. The van der Waals surface area contributed by atoms with Gasteiger partial charge in [0.15, 0.2) is 11.6 Å². The summed E-state index contributed by atoms with van der Waals surface area (Å²) < 4.78 is 47.2. The number of ether oxygens (including phenoxy) is 2. The van der Waals surface area contributed by atoms with E-state index in [1.165, 1.54) is 18.2 Å². The van der Waals surface area contributed by atoms with E-state index < -0.39 is 20.3 Å². The van der Waals surface area contributed by atoms with E-state index >= 15 is 0 Å². The second-order valence-electron chi connectivity index (χ2n) is 5.14. The van der Waals surface area contributed by atoms with Crippen molar-refractivity contribution in [3.63, 3.8) is 0 Å². The van der Waals surface area contributed by atoms with Gasteiger partial charge in [-0.2, -0.15) is 0 Å². The summed E-state index contributed by atoms with van der Waals surface area (Å²) in [4.78, 5) is 0. The molecule has 0 saturated carbocycles. The van der Waals surface area contributed by atoms with Gasteiger partial charge in [-0.3, -0.25) is 0 Å². The molecule has 8 heteroatoms. The van der Waals surface area contributed by atoms with Crippen LogP contribution in [-0.4, -0.2) is 34.0 Å². The molecule has 1 heterocycles. The normalized spacial score (nSPS) is 18.4. The Hall–Kier alpha value is -0.560. The maximum atomic E-state index is 13.7. The van der Waals surface area contributed by atoms with Crippen LogP contribution < -0.4 is 4.74 Å². The summed E-state index contributed by atoms with van der Waals surface area (Å²) in [5.41, 5.74) is -0.690. The van der Waals surface area contributed by atoms with E-state index in [1.807, 2.05) is 0 Å². The van der Waals surface area contributed by atoms with Crippen LogP contribution in [0.15, 0.2) is 18.2 Å². The second-order valence-corrected chi connectivity index (χ2v) is 8.32. The van der Waals surface area contributed by atoms with Crippen LogP contribution in [0, 0.1) is 11.2 Å². The number of hydrogen-bond donors (Lipinski definition) is 0. The molecule has 1 aliphatic heterocycles. The second kappa shape index (κ2) is 6.69. The Morgan fingerprint density at radius 1 is 1.33 bits per heavy atom. The van der Waals surface area contributed by atoms with E-state index in [1.54, 1.807) is 0 Å². The summed E-state index contributed by atoms with van der Waals surface area (Å²) in [6, 6.07) is 4.21. The fraction of sp³-hybridized carbons (Fsp3) is 0.538. The number of para-hydroxylation sites is 1. The largest absolute Gasteiger partial charge is 0.488 e. The molecule has 0 aromatic heterocycles. The van der Waals surface area contributed by atoms with E-state index in [-0.39, 0.29) is 23.1 Å². The molecule has 0 spiro atoms. The standard InChI is InChI=1S/C13H15Cl2FO4S/c14-10-2-1-3-11(16)12(10)20-8-13(9-21(15,17)18)4-6-19-7-5-13/h1-3H,4-9H2. The average Bonchev–Trinajstić information content (AvgIpc) is 2.37. The molecule has 0 unspecified atom stereocenters. The molecule has 0 radical (unpaired) electrons. The molecule has 21 heavy (non-hydrogen) atoms. The first-order valence-corrected chi connectivity index (χ1v) is 9.24. The number of hydrogen-bond acceptors (Lipinski definition) is 4. The van der Waals surface area contributed by atoms with Gasteiger partial charge in [-0.25, -0.2) is 12.8 Å². The maximum absolute atomic E-state index is 13.7. The van der Waals surface area contributed by atoms with Gasteiger partial charge in [-0.1, -0.05) is 17.7 Å². The molecular formula is C13H15Cl2FO4S. The van der Waals surface area contributed by atoms with Gasteiger partial charge in [0.2, 0.25) is 9.05 Å². The molecule has 0 atom stereocenters. The predicted octanol–water partition coefficient (Wildman–Crippen LogP) is 3.22. The average molecular weight is 357 g/mol. The number of halogens is 3. The van der Waals surface area contributed by atoms with Crippen molar-refractivity contribution in [2.75, 3.05) is 25.6 Å². The van der Waals surface area contributed by atoms with Gasteiger partial charge in [-0.15, -0.1) is 0 Å². The van der Waals surface area contributed by atoms with Gasteiger partial charge < -0.3 is 9.47 Å². The van der Waals surface area contributed by atoms with E-state index in [0.29, 0.717) is 26.1 Å². The fourth-order valence-corrected chi connectivity index (χ4v) is 4.36. The summed E-state index contributed by atoms with van der Waals surface area (Å²) in [7, 11) is 1.68. The lowest BCUT2D eigenvalue weighted by molar-refractivity contribution is 0.00166. The topological polar surface area (TPSA) is 52.6 Å². The highest BCUT2D eigenvalue weighted by Crippen LogP contribution is 2.36. The first kappa shape index (κ1) is 16.8. The fourth-order valence-electron chi connectivity index (χ4n) is 2.35. The lowest BCUT2D eigenvalue weighted by Crippen LogP contribution is -2.40. The Bertz CT molecular complexity index is 580. The van der Waals surface area contributed by atoms with Crippen LogP contribution in [0.3, 0.4) is 0 Å². The minimum absolute atomic E-state index is 0.0168. The summed E-state index contributed by atoms with van der Waals surface area (Å²) in [5, 5.41) is 0.144. The lowest BCUT2D eigenvalue weighted by Gasteiger charge is -2.35. The Morgan fingerprint density at radius 3 is 2.57 bits per heavy atom. The summed E-state index contributed by atoms with van der Waals surface area (Å²) in [6.07, 6.45) is 0.954. The quantitative estimate of drug-likeness (QED) is 0.760. The van der Waals surface area contributed by atoms with Gasteiger partial charge >= 0.3 is 0 Å². The third-order valence-corrected chi connectivity index (χ3v) is 5.06. The van der Waals surface area contributed by atoms with Crippen LogP contribution in [0.5, 0.6) is 5.75 Å². The van der Waals surface area contributed by atoms with Crippen molar-refractivity contribution in [3.8, 4) is 5.75 Å². The van der Waals surface area contributed by atoms with E-state index in [4.69, 9.17) is 31.8 Å². The minimum Gasteiger partial charge on any atom is -0.488 e. The molecular weight excluding hydrogens is 342 g/mol. The SMILES string of the molecule is O=S(=O)(Cl)CC1(COc2c(F)cccc2Cl)CCOCC1. The van der Waals surface area contributed by atoms with Crippen molar-refractivity contribution in [3.05, 3.63) is 29.0 Å². The van der Waals surface area contributed by atoms with Crippen molar-refractivity contribution in [1.29, 1.82) is 0 Å². The van der Waals surface area contributed by atoms with E-state index in [0.717, 1.165) is 0 Å². The van der Waals surface area contributed by atoms with E-state index in [9.17, 15) is 12.8 Å². The van der Waals surface area contributed by atoms with Crippen LogP contribution >= 0.6 is 22.3 Å². The molecule has 118 valence electrons. The molecule has 4 nitrogen and oxygen atoms in total. The smallest absolute Gasteiger partial charge is 0.233 e. The van der Waals surface area contributed by atoms with Crippen LogP contribution in [-0.2, 0) is 13.8 Å². The van der Waals surface area contributed by atoms with E-state index in [2.05, 4.69) is 0 Å². The van der Waals surface area contributed by atoms with Crippen molar-refractivity contribution < 1.29 is 22.3 Å². The number of rotatable bonds is 5. The molecule has 1 saturated heterocycles. The van der Waals surface area contributed by atoms with Crippen LogP contribution in [0.25, 0.3) is 0 Å². The molecule has 0 bridgehead atoms. The van der Waals surface area contributed by atoms with Crippen molar-refractivity contribution in [1.82, 2.24) is 0 Å². The Morgan fingerprint density at radius 2 is 2.00 bits per heavy atom. The van der Waals surface area contributed by atoms with Gasteiger partial charge in [0, 0.05) is 29.3 Å². The summed E-state index contributed by atoms with van der Waals surface area (Å²) in [6.45, 7) is 0.852.